The monoisotopic (exact) mass is 261 g/mol. The molecule has 3 rings (SSSR count). The molecule has 1 atom stereocenters. The zero-order valence-electron chi connectivity index (χ0n) is 11.4. The third kappa shape index (κ3) is 2.40. The molecular formula is C13H19N5O. The molecule has 1 fully saturated rings. The van der Waals surface area contributed by atoms with E-state index in [9.17, 15) is 0 Å². The third-order valence-corrected chi connectivity index (χ3v) is 3.68. The lowest BCUT2D eigenvalue weighted by Crippen LogP contribution is -2.41. The number of aromatic nitrogens is 4. The van der Waals surface area contributed by atoms with Crippen molar-refractivity contribution in [3.8, 4) is 5.88 Å². The predicted octanol–water partition coefficient (Wildman–Crippen LogP) is 1.52. The number of aromatic amines is 1. The minimum atomic E-state index is 0.209. The van der Waals surface area contributed by atoms with Gasteiger partial charge < -0.3 is 4.74 Å². The summed E-state index contributed by atoms with van der Waals surface area (Å²) in [5, 5.41) is 7.97. The van der Waals surface area contributed by atoms with E-state index in [2.05, 4.69) is 32.0 Å². The molecular weight excluding hydrogens is 242 g/mol. The zero-order chi connectivity index (χ0) is 13.2. The zero-order valence-corrected chi connectivity index (χ0v) is 11.4. The van der Waals surface area contributed by atoms with Crippen LogP contribution in [0.1, 0.15) is 25.5 Å². The maximum Gasteiger partial charge on any atom is 0.228 e. The van der Waals surface area contributed by atoms with Gasteiger partial charge in [-0.15, -0.1) is 0 Å². The molecule has 0 saturated carbocycles. The number of nitrogens with zero attached hydrogens (tertiary/aromatic N) is 4. The van der Waals surface area contributed by atoms with Crippen LogP contribution in [0.15, 0.2) is 6.33 Å². The first-order chi connectivity index (χ1) is 9.28. The quantitative estimate of drug-likeness (QED) is 0.907. The highest BCUT2D eigenvalue weighted by Crippen LogP contribution is 2.25. The molecule has 0 bridgehead atoms. The van der Waals surface area contributed by atoms with Crippen molar-refractivity contribution in [3.05, 3.63) is 12.0 Å². The molecule has 1 aliphatic heterocycles. The Morgan fingerprint density at radius 3 is 3.21 bits per heavy atom. The Morgan fingerprint density at radius 1 is 1.47 bits per heavy atom. The van der Waals surface area contributed by atoms with Crippen molar-refractivity contribution in [2.45, 2.75) is 32.8 Å². The first-order valence-corrected chi connectivity index (χ1v) is 6.82. The minimum absolute atomic E-state index is 0.209. The highest BCUT2D eigenvalue weighted by Gasteiger charge is 2.22. The lowest BCUT2D eigenvalue weighted by atomic mass is 10.1. The summed E-state index contributed by atoms with van der Waals surface area (Å²) in [5.74, 6) is 0.652. The van der Waals surface area contributed by atoms with Gasteiger partial charge in [0.05, 0.1) is 0 Å². The summed E-state index contributed by atoms with van der Waals surface area (Å²) in [5.41, 5.74) is 1.62. The fourth-order valence-corrected chi connectivity index (χ4v) is 2.61. The molecule has 1 unspecified atom stereocenters. The molecule has 1 N–H and O–H groups in total. The van der Waals surface area contributed by atoms with Gasteiger partial charge in [0.15, 0.2) is 5.65 Å². The van der Waals surface area contributed by atoms with Crippen molar-refractivity contribution in [2.75, 3.05) is 19.6 Å². The molecule has 0 aromatic carbocycles. The number of H-pyrrole nitrogens is 1. The van der Waals surface area contributed by atoms with E-state index in [1.54, 1.807) is 0 Å². The Labute approximate surface area is 112 Å². The van der Waals surface area contributed by atoms with Crippen molar-refractivity contribution in [2.24, 2.45) is 0 Å². The number of aryl methyl sites for hydroxylation is 1. The molecule has 0 aliphatic carbocycles. The molecule has 0 amide bonds. The fourth-order valence-electron chi connectivity index (χ4n) is 2.61. The second-order valence-corrected chi connectivity index (χ2v) is 5.00. The lowest BCUT2D eigenvalue weighted by molar-refractivity contribution is 0.0895. The summed E-state index contributed by atoms with van der Waals surface area (Å²) in [7, 11) is 0. The van der Waals surface area contributed by atoms with Gasteiger partial charge in [0, 0.05) is 12.2 Å². The summed E-state index contributed by atoms with van der Waals surface area (Å²) in [4.78, 5) is 10.8. The van der Waals surface area contributed by atoms with E-state index in [0.29, 0.717) is 11.5 Å². The molecule has 0 spiro atoms. The molecule has 19 heavy (non-hydrogen) atoms. The number of hydrogen-bond acceptors (Lipinski definition) is 5. The van der Waals surface area contributed by atoms with Gasteiger partial charge >= 0.3 is 0 Å². The Balaban J connectivity index is 1.83. The Hall–Kier alpha value is -1.69. The van der Waals surface area contributed by atoms with Crippen LogP contribution < -0.4 is 4.74 Å². The topological polar surface area (TPSA) is 66.9 Å². The molecule has 3 heterocycles. The van der Waals surface area contributed by atoms with Crippen LogP contribution in [-0.2, 0) is 0 Å². The molecule has 2 aromatic heterocycles. The first-order valence-electron chi connectivity index (χ1n) is 6.82. The van der Waals surface area contributed by atoms with Crippen molar-refractivity contribution < 1.29 is 4.74 Å². The summed E-state index contributed by atoms with van der Waals surface area (Å²) in [6.07, 6.45) is 3.98. The maximum absolute atomic E-state index is 6.09. The largest absolute Gasteiger partial charge is 0.472 e. The van der Waals surface area contributed by atoms with Gasteiger partial charge in [0.25, 0.3) is 0 Å². The van der Waals surface area contributed by atoms with E-state index in [-0.39, 0.29) is 6.10 Å². The normalized spacial score (nSPS) is 20.8. The molecule has 2 aromatic rings. The smallest absolute Gasteiger partial charge is 0.228 e. The van der Waals surface area contributed by atoms with Gasteiger partial charge in [-0.25, -0.2) is 9.97 Å². The average Bonchev–Trinajstić information content (AvgIpc) is 2.82. The minimum Gasteiger partial charge on any atom is -0.472 e. The SMILES string of the molecule is CCN1CCCC(Oc2ncnc3n[nH]c(C)c23)C1. The Morgan fingerprint density at radius 2 is 2.37 bits per heavy atom. The number of ether oxygens (including phenoxy) is 1. The van der Waals surface area contributed by atoms with E-state index >= 15 is 0 Å². The number of fused-ring (bicyclic) bond motifs is 1. The Kier molecular flexibility index (Phi) is 3.33. The van der Waals surface area contributed by atoms with Crippen molar-refractivity contribution in [1.29, 1.82) is 0 Å². The van der Waals surface area contributed by atoms with Crippen LogP contribution >= 0.6 is 0 Å². The van der Waals surface area contributed by atoms with E-state index in [0.717, 1.165) is 30.6 Å². The van der Waals surface area contributed by atoms with Crippen LogP contribution in [0, 0.1) is 6.92 Å². The standard InChI is InChI=1S/C13H19N5O/c1-3-18-6-4-5-10(7-18)19-13-11-9(2)16-17-12(11)14-8-15-13/h8,10H,3-7H2,1-2H3,(H,14,15,16,17). The number of likely N-dealkylation sites (tertiary alicyclic amines) is 1. The van der Waals surface area contributed by atoms with Gasteiger partial charge in [0.2, 0.25) is 5.88 Å². The van der Waals surface area contributed by atoms with E-state index in [1.807, 2.05) is 6.92 Å². The highest BCUT2D eigenvalue weighted by molar-refractivity contribution is 5.82. The number of piperidine rings is 1. The van der Waals surface area contributed by atoms with Crippen LogP contribution in [-0.4, -0.2) is 50.8 Å². The van der Waals surface area contributed by atoms with Crippen LogP contribution in [0.3, 0.4) is 0 Å². The molecule has 1 aliphatic rings. The molecule has 6 heteroatoms. The van der Waals surface area contributed by atoms with Crippen LogP contribution in [0.4, 0.5) is 0 Å². The third-order valence-electron chi connectivity index (χ3n) is 3.68. The average molecular weight is 261 g/mol. The van der Waals surface area contributed by atoms with Crippen LogP contribution in [0.2, 0.25) is 0 Å². The van der Waals surface area contributed by atoms with Crippen LogP contribution in [0.5, 0.6) is 5.88 Å². The van der Waals surface area contributed by atoms with E-state index in [4.69, 9.17) is 4.74 Å². The van der Waals surface area contributed by atoms with Gasteiger partial charge in [-0.2, -0.15) is 5.10 Å². The number of rotatable bonds is 3. The predicted molar refractivity (Wildman–Crippen MR) is 72.2 cm³/mol. The van der Waals surface area contributed by atoms with Gasteiger partial charge in [-0.3, -0.25) is 10.00 Å². The molecule has 6 nitrogen and oxygen atoms in total. The Bertz CT molecular complexity index is 567. The van der Waals surface area contributed by atoms with Crippen molar-refractivity contribution in [1.82, 2.24) is 25.1 Å². The highest BCUT2D eigenvalue weighted by atomic mass is 16.5. The summed E-state index contributed by atoms with van der Waals surface area (Å²) < 4.78 is 6.09. The van der Waals surface area contributed by atoms with Gasteiger partial charge in [0.1, 0.15) is 17.8 Å². The number of hydrogen-bond donors (Lipinski definition) is 1. The molecule has 1 saturated heterocycles. The van der Waals surface area contributed by atoms with Crippen LogP contribution in [0.25, 0.3) is 11.0 Å². The maximum atomic E-state index is 6.09. The lowest BCUT2D eigenvalue weighted by Gasteiger charge is -2.31. The van der Waals surface area contributed by atoms with E-state index in [1.165, 1.54) is 19.3 Å². The first kappa shape index (κ1) is 12.3. The van der Waals surface area contributed by atoms with Crippen molar-refractivity contribution >= 4 is 11.0 Å². The summed E-state index contributed by atoms with van der Waals surface area (Å²) in [6.45, 7) is 7.36. The number of likely N-dealkylation sites (N-methyl/N-ethyl adjacent to an activating group) is 1. The summed E-state index contributed by atoms with van der Waals surface area (Å²) in [6, 6.07) is 0. The second-order valence-electron chi connectivity index (χ2n) is 5.00. The molecule has 102 valence electrons. The molecule has 0 radical (unpaired) electrons. The van der Waals surface area contributed by atoms with Crippen molar-refractivity contribution in [3.63, 3.8) is 0 Å². The van der Waals surface area contributed by atoms with Gasteiger partial charge in [-0.05, 0) is 32.9 Å². The van der Waals surface area contributed by atoms with E-state index < -0.39 is 0 Å². The second kappa shape index (κ2) is 5.13. The fraction of sp³-hybridized carbons (Fsp3) is 0.615. The van der Waals surface area contributed by atoms with Gasteiger partial charge in [-0.1, -0.05) is 6.92 Å². The number of nitrogens with one attached hydrogen (secondary N) is 1. The summed E-state index contributed by atoms with van der Waals surface area (Å²) >= 11 is 0.